The highest BCUT2D eigenvalue weighted by Gasteiger charge is 2.09. The summed E-state index contributed by atoms with van der Waals surface area (Å²) < 4.78 is 5.36. The van der Waals surface area contributed by atoms with E-state index in [1.165, 1.54) is 0 Å². The number of amides is 2. The van der Waals surface area contributed by atoms with Crippen LogP contribution in [0.4, 0.5) is 10.5 Å². The number of benzene rings is 1. The molecule has 0 unspecified atom stereocenters. The number of aryl methyl sites for hydroxylation is 2. The summed E-state index contributed by atoms with van der Waals surface area (Å²) in [6.07, 6.45) is 2.12. The molecule has 0 aliphatic heterocycles. The number of urea groups is 1. The first-order valence-electron chi connectivity index (χ1n) is 6.79. The molecule has 0 saturated heterocycles. The summed E-state index contributed by atoms with van der Waals surface area (Å²) in [5.74, 6) is 0.524. The van der Waals surface area contributed by atoms with Gasteiger partial charge in [0.15, 0.2) is 0 Å². The van der Waals surface area contributed by atoms with E-state index < -0.39 is 0 Å². The van der Waals surface area contributed by atoms with E-state index in [-0.39, 0.29) is 12.6 Å². The number of aliphatic hydroxyl groups is 1. The summed E-state index contributed by atoms with van der Waals surface area (Å²) in [6, 6.07) is 5.33. The Morgan fingerprint density at radius 3 is 2.86 bits per heavy atom. The van der Waals surface area contributed by atoms with Crippen molar-refractivity contribution in [3.05, 3.63) is 35.7 Å². The molecule has 0 spiro atoms. The first-order chi connectivity index (χ1) is 10.1. The third kappa shape index (κ3) is 4.06. The summed E-state index contributed by atoms with van der Waals surface area (Å²) in [6.45, 7) is 4.25. The van der Waals surface area contributed by atoms with Gasteiger partial charge in [0, 0.05) is 24.4 Å². The highest BCUT2D eigenvalue weighted by molar-refractivity contribution is 5.90. The van der Waals surface area contributed by atoms with Crippen molar-refractivity contribution in [3.63, 3.8) is 0 Å². The number of nitrogens with zero attached hydrogens (tertiary/aromatic N) is 1. The van der Waals surface area contributed by atoms with E-state index in [4.69, 9.17) is 9.52 Å². The van der Waals surface area contributed by atoms with Gasteiger partial charge in [0.1, 0.15) is 6.26 Å². The van der Waals surface area contributed by atoms with Crippen LogP contribution < -0.4 is 10.6 Å². The minimum absolute atomic E-state index is 0.0539. The second-order valence-corrected chi connectivity index (χ2v) is 4.78. The van der Waals surface area contributed by atoms with Gasteiger partial charge in [0.25, 0.3) is 0 Å². The summed E-state index contributed by atoms with van der Waals surface area (Å²) >= 11 is 0. The molecule has 6 nitrogen and oxygen atoms in total. The molecule has 2 amide bonds. The highest BCUT2D eigenvalue weighted by Crippen LogP contribution is 2.24. The number of oxazole rings is 1. The van der Waals surface area contributed by atoms with Gasteiger partial charge < -0.3 is 20.2 Å². The van der Waals surface area contributed by atoms with Crippen molar-refractivity contribution in [2.45, 2.75) is 20.3 Å². The van der Waals surface area contributed by atoms with Crippen LogP contribution in [0, 0.1) is 13.8 Å². The van der Waals surface area contributed by atoms with Crippen LogP contribution in [0.2, 0.25) is 0 Å². The van der Waals surface area contributed by atoms with Gasteiger partial charge in [-0.05, 0) is 38.0 Å². The molecule has 1 heterocycles. The molecular weight excluding hydrogens is 270 g/mol. The molecule has 1 aromatic heterocycles. The summed E-state index contributed by atoms with van der Waals surface area (Å²) in [7, 11) is 0. The van der Waals surface area contributed by atoms with Gasteiger partial charge in [-0.2, -0.15) is 0 Å². The average molecular weight is 289 g/mol. The molecule has 0 atom stereocenters. The second-order valence-electron chi connectivity index (χ2n) is 4.78. The smallest absolute Gasteiger partial charge is 0.319 e. The predicted octanol–water partition coefficient (Wildman–Crippen LogP) is 2.46. The van der Waals surface area contributed by atoms with Crippen LogP contribution in [-0.4, -0.2) is 29.3 Å². The maximum absolute atomic E-state index is 11.7. The largest absolute Gasteiger partial charge is 0.444 e. The lowest BCUT2D eigenvalue weighted by Crippen LogP contribution is -2.30. The molecule has 21 heavy (non-hydrogen) atoms. The fraction of sp³-hybridized carbons (Fsp3) is 0.333. The normalized spacial score (nSPS) is 10.4. The van der Waals surface area contributed by atoms with Gasteiger partial charge in [0.2, 0.25) is 5.89 Å². The molecule has 2 rings (SSSR count). The Morgan fingerprint density at radius 1 is 1.38 bits per heavy atom. The zero-order chi connectivity index (χ0) is 15.2. The van der Waals surface area contributed by atoms with E-state index in [2.05, 4.69) is 15.6 Å². The minimum atomic E-state index is -0.299. The highest BCUT2D eigenvalue weighted by atomic mass is 16.3. The maximum Gasteiger partial charge on any atom is 0.319 e. The Labute approximate surface area is 123 Å². The van der Waals surface area contributed by atoms with E-state index in [9.17, 15) is 4.79 Å². The van der Waals surface area contributed by atoms with Gasteiger partial charge in [-0.3, -0.25) is 0 Å². The number of hydrogen-bond acceptors (Lipinski definition) is 4. The Kier molecular flexibility index (Phi) is 4.94. The van der Waals surface area contributed by atoms with Crippen molar-refractivity contribution in [2.24, 2.45) is 0 Å². The Balaban J connectivity index is 2.10. The van der Waals surface area contributed by atoms with Crippen LogP contribution in [0.1, 0.15) is 17.7 Å². The van der Waals surface area contributed by atoms with Crippen molar-refractivity contribution in [1.29, 1.82) is 0 Å². The predicted molar refractivity (Wildman–Crippen MR) is 80.1 cm³/mol. The second kappa shape index (κ2) is 6.90. The topological polar surface area (TPSA) is 87.4 Å². The van der Waals surface area contributed by atoms with E-state index in [0.717, 1.165) is 16.8 Å². The molecule has 0 saturated carbocycles. The summed E-state index contributed by atoms with van der Waals surface area (Å²) in [5.41, 5.74) is 3.25. The lowest BCUT2D eigenvalue weighted by atomic mass is 10.1. The maximum atomic E-state index is 11.7. The molecule has 112 valence electrons. The Morgan fingerprint density at radius 2 is 2.19 bits per heavy atom. The first-order valence-corrected chi connectivity index (χ1v) is 6.79. The molecule has 0 fully saturated rings. The van der Waals surface area contributed by atoms with Gasteiger partial charge in [-0.25, -0.2) is 9.78 Å². The quantitative estimate of drug-likeness (QED) is 0.738. The van der Waals surface area contributed by atoms with E-state index in [0.29, 0.717) is 24.5 Å². The zero-order valence-electron chi connectivity index (χ0n) is 12.1. The van der Waals surface area contributed by atoms with Gasteiger partial charge >= 0.3 is 6.03 Å². The van der Waals surface area contributed by atoms with Crippen molar-refractivity contribution in [1.82, 2.24) is 10.3 Å². The monoisotopic (exact) mass is 289 g/mol. The molecule has 3 N–H and O–H groups in total. The molecule has 6 heteroatoms. The van der Waals surface area contributed by atoms with E-state index in [1.807, 2.05) is 32.0 Å². The molecule has 0 bridgehead atoms. The first kappa shape index (κ1) is 15.1. The van der Waals surface area contributed by atoms with Crippen molar-refractivity contribution < 1.29 is 14.3 Å². The Bertz CT molecular complexity index is 622. The standard InChI is InChI=1S/C15H19N3O3/c1-10-4-5-12(14-17-11(2)9-21-14)8-13(10)18-15(20)16-6-3-7-19/h4-5,8-9,19H,3,6-7H2,1-2H3,(H2,16,18,20). The molecule has 0 radical (unpaired) electrons. The number of carbonyl (C=O) groups excluding carboxylic acids is 1. The van der Waals surface area contributed by atoms with Crippen molar-refractivity contribution in [3.8, 4) is 11.5 Å². The SMILES string of the molecule is Cc1coc(-c2ccc(C)c(NC(=O)NCCCO)c2)n1. The number of hydrogen-bond donors (Lipinski definition) is 3. The molecular formula is C15H19N3O3. The minimum Gasteiger partial charge on any atom is -0.444 e. The van der Waals surface area contributed by atoms with Crippen molar-refractivity contribution in [2.75, 3.05) is 18.5 Å². The van der Waals surface area contributed by atoms with Gasteiger partial charge in [-0.15, -0.1) is 0 Å². The number of aliphatic hydroxyl groups excluding tert-OH is 1. The fourth-order valence-corrected chi connectivity index (χ4v) is 1.82. The van der Waals surface area contributed by atoms with E-state index >= 15 is 0 Å². The number of anilines is 1. The number of nitrogens with one attached hydrogen (secondary N) is 2. The Hall–Kier alpha value is -2.34. The van der Waals surface area contributed by atoms with Crippen LogP contribution >= 0.6 is 0 Å². The molecule has 0 aliphatic rings. The van der Waals surface area contributed by atoms with Crippen LogP contribution in [0.3, 0.4) is 0 Å². The summed E-state index contributed by atoms with van der Waals surface area (Å²) in [4.78, 5) is 16.0. The van der Waals surface area contributed by atoms with Crippen molar-refractivity contribution >= 4 is 11.7 Å². The number of carbonyl (C=O) groups is 1. The van der Waals surface area contributed by atoms with Crippen LogP contribution in [-0.2, 0) is 0 Å². The molecule has 0 aliphatic carbocycles. The lowest BCUT2D eigenvalue weighted by molar-refractivity contribution is 0.249. The molecule has 1 aromatic carbocycles. The van der Waals surface area contributed by atoms with Gasteiger partial charge in [0.05, 0.1) is 5.69 Å². The summed E-state index contributed by atoms with van der Waals surface area (Å²) in [5, 5.41) is 14.1. The lowest BCUT2D eigenvalue weighted by Gasteiger charge is -2.10. The van der Waals surface area contributed by atoms with Crippen LogP contribution in [0.5, 0.6) is 0 Å². The average Bonchev–Trinajstić information content (AvgIpc) is 2.88. The van der Waals surface area contributed by atoms with Crippen LogP contribution in [0.25, 0.3) is 11.5 Å². The number of aromatic nitrogens is 1. The third-order valence-corrected chi connectivity index (χ3v) is 2.97. The molecule has 2 aromatic rings. The van der Waals surface area contributed by atoms with Crippen LogP contribution in [0.15, 0.2) is 28.9 Å². The third-order valence-electron chi connectivity index (χ3n) is 2.97. The number of rotatable bonds is 5. The van der Waals surface area contributed by atoms with E-state index in [1.54, 1.807) is 6.26 Å². The van der Waals surface area contributed by atoms with Gasteiger partial charge in [-0.1, -0.05) is 6.07 Å². The zero-order valence-corrected chi connectivity index (χ0v) is 12.1. The fourth-order valence-electron chi connectivity index (χ4n) is 1.82.